The number of carbonyl (C=O) groups is 1. The number of aryl methyl sites for hydroxylation is 4. The Balaban J connectivity index is 1.31. The third-order valence-corrected chi connectivity index (χ3v) is 7.35. The number of rotatable bonds is 6. The summed E-state index contributed by atoms with van der Waals surface area (Å²) in [5, 5.41) is 12.9. The number of nitrogens with zero attached hydrogens (tertiary/aromatic N) is 7. The molecule has 0 saturated carbocycles. The Morgan fingerprint density at radius 1 is 1.09 bits per heavy atom. The van der Waals surface area contributed by atoms with E-state index in [4.69, 9.17) is 4.98 Å². The Morgan fingerprint density at radius 2 is 1.83 bits per heavy atom. The molecule has 1 aliphatic rings. The topological polar surface area (TPSA) is 81.2 Å². The summed E-state index contributed by atoms with van der Waals surface area (Å²) in [6, 6.07) is 8.58. The maximum absolute atomic E-state index is 13.4. The average Bonchev–Trinajstić information content (AvgIpc) is 3.49. The molecular formula is C27H33N7O. The van der Waals surface area contributed by atoms with Crippen LogP contribution in [0.15, 0.2) is 36.8 Å². The van der Waals surface area contributed by atoms with Gasteiger partial charge in [0.25, 0.3) is 5.91 Å². The molecule has 4 heterocycles. The van der Waals surface area contributed by atoms with Crippen LogP contribution in [0.5, 0.6) is 0 Å². The second-order valence-corrected chi connectivity index (χ2v) is 9.69. The first-order valence-corrected chi connectivity index (χ1v) is 12.5. The molecule has 182 valence electrons. The third kappa shape index (κ3) is 4.57. The van der Waals surface area contributed by atoms with Gasteiger partial charge in [-0.3, -0.25) is 4.79 Å². The van der Waals surface area contributed by atoms with Crippen molar-refractivity contribution >= 4 is 11.6 Å². The Bertz CT molecular complexity index is 1340. The Kier molecular flexibility index (Phi) is 6.36. The number of fused-ring (bicyclic) bond motifs is 1. The van der Waals surface area contributed by atoms with Gasteiger partial charge in [-0.15, -0.1) is 10.2 Å². The van der Waals surface area contributed by atoms with Crippen molar-refractivity contribution in [3.8, 4) is 0 Å². The zero-order valence-electron chi connectivity index (χ0n) is 21.0. The minimum atomic E-state index is 0.0211. The molecule has 0 aliphatic carbocycles. The lowest BCUT2D eigenvalue weighted by Crippen LogP contribution is -2.39. The highest BCUT2D eigenvalue weighted by atomic mass is 16.2. The van der Waals surface area contributed by atoms with Crippen molar-refractivity contribution in [2.24, 2.45) is 5.92 Å². The highest BCUT2D eigenvalue weighted by Crippen LogP contribution is 2.25. The molecule has 0 spiro atoms. The number of amides is 1. The van der Waals surface area contributed by atoms with Crippen molar-refractivity contribution in [3.63, 3.8) is 0 Å². The highest BCUT2D eigenvalue weighted by molar-refractivity contribution is 5.99. The van der Waals surface area contributed by atoms with Gasteiger partial charge in [-0.2, -0.15) is 5.10 Å². The van der Waals surface area contributed by atoms with E-state index in [1.54, 1.807) is 12.5 Å². The minimum absolute atomic E-state index is 0.0211. The predicted molar refractivity (Wildman–Crippen MR) is 134 cm³/mol. The summed E-state index contributed by atoms with van der Waals surface area (Å²) >= 11 is 0. The van der Waals surface area contributed by atoms with Gasteiger partial charge in [0.2, 0.25) is 0 Å². The van der Waals surface area contributed by atoms with Crippen molar-refractivity contribution < 1.29 is 4.79 Å². The van der Waals surface area contributed by atoms with Crippen LogP contribution in [0.4, 0.5) is 0 Å². The van der Waals surface area contributed by atoms with Gasteiger partial charge in [0.1, 0.15) is 17.7 Å². The van der Waals surface area contributed by atoms with Crippen LogP contribution in [0.25, 0.3) is 5.65 Å². The van der Waals surface area contributed by atoms with E-state index in [1.165, 1.54) is 11.1 Å². The SMILES string of the molecule is CCn1cnnc1CC1CCN(C(=O)c2cnn3c(C)c(Cc4ccc(C)cc4)c(C)nc23)CC1. The van der Waals surface area contributed by atoms with E-state index in [0.717, 1.165) is 68.1 Å². The number of hydrogen-bond donors (Lipinski definition) is 0. The van der Waals surface area contributed by atoms with Gasteiger partial charge < -0.3 is 9.47 Å². The largest absolute Gasteiger partial charge is 0.338 e. The van der Waals surface area contributed by atoms with Crippen LogP contribution in [0.2, 0.25) is 0 Å². The number of carbonyl (C=O) groups excluding carboxylic acids is 1. The summed E-state index contributed by atoms with van der Waals surface area (Å²) in [5.41, 5.74) is 6.86. The van der Waals surface area contributed by atoms with Gasteiger partial charge in [-0.1, -0.05) is 29.8 Å². The Labute approximate surface area is 206 Å². The van der Waals surface area contributed by atoms with E-state index >= 15 is 0 Å². The molecule has 4 aromatic rings. The van der Waals surface area contributed by atoms with Crippen molar-refractivity contribution in [1.82, 2.24) is 34.3 Å². The minimum Gasteiger partial charge on any atom is -0.338 e. The molecule has 0 N–H and O–H groups in total. The molecule has 1 aromatic carbocycles. The van der Waals surface area contributed by atoms with E-state index in [1.807, 2.05) is 16.3 Å². The number of hydrogen-bond acceptors (Lipinski definition) is 5. The number of benzene rings is 1. The first-order chi connectivity index (χ1) is 16.9. The standard InChI is InChI=1S/C27H33N7O/c1-5-32-17-28-31-25(32)15-22-10-12-33(13-11-22)27(35)24-16-29-34-20(4)23(19(3)30-26(24)34)14-21-8-6-18(2)7-9-21/h6-9,16-17,22H,5,10-15H2,1-4H3. The molecule has 1 saturated heterocycles. The third-order valence-electron chi connectivity index (χ3n) is 7.35. The summed E-state index contributed by atoms with van der Waals surface area (Å²) in [4.78, 5) is 20.2. The van der Waals surface area contributed by atoms with Gasteiger partial charge in [-0.25, -0.2) is 9.50 Å². The van der Waals surface area contributed by atoms with Crippen LogP contribution in [0, 0.1) is 26.7 Å². The van der Waals surface area contributed by atoms with Gasteiger partial charge >= 0.3 is 0 Å². The van der Waals surface area contributed by atoms with Crippen LogP contribution in [-0.4, -0.2) is 53.3 Å². The molecule has 3 aromatic heterocycles. The second kappa shape index (κ2) is 9.60. The van der Waals surface area contributed by atoms with Crippen LogP contribution >= 0.6 is 0 Å². The van der Waals surface area contributed by atoms with Gasteiger partial charge in [-0.05, 0) is 57.6 Å². The van der Waals surface area contributed by atoms with Crippen LogP contribution in [0.3, 0.4) is 0 Å². The smallest absolute Gasteiger partial charge is 0.259 e. The lowest BCUT2D eigenvalue weighted by Gasteiger charge is -2.31. The summed E-state index contributed by atoms with van der Waals surface area (Å²) in [5.74, 6) is 1.58. The first-order valence-electron chi connectivity index (χ1n) is 12.5. The van der Waals surface area contributed by atoms with Crippen molar-refractivity contribution in [1.29, 1.82) is 0 Å². The normalized spacial score (nSPS) is 14.7. The molecule has 0 unspecified atom stereocenters. The highest BCUT2D eigenvalue weighted by Gasteiger charge is 2.27. The van der Waals surface area contributed by atoms with Gasteiger partial charge in [0.15, 0.2) is 5.65 Å². The lowest BCUT2D eigenvalue weighted by molar-refractivity contribution is 0.0691. The lowest BCUT2D eigenvalue weighted by atomic mass is 9.93. The summed E-state index contributed by atoms with van der Waals surface area (Å²) in [7, 11) is 0. The monoisotopic (exact) mass is 471 g/mol. The first kappa shape index (κ1) is 23.2. The molecule has 1 fully saturated rings. The zero-order valence-corrected chi connectivity index (χ0v) is 21.0. The van der Waals surface area contributed by atoms with E-state index < -0.39 is 0 Å². The average molecular weight is 472 g/mol. The quantitative estimate of drug-likeness (QED) is 0.425. The summed E-state index contributed by atoms with van der Waals surface area (Å²) in [6.45, 7) is 10.7. The molecule has 8 heteroatoms. The van der Waals surface area contributed by atoms with Gasteiger partial charge in [0, 0.05) is 43.9 Å². The molecular weight excluding hydrogens is 438 g/mol. The number of piperidine rings is 1. The van der Waals surface area contributed by atoms with Crippen molar-refractivity contribution in [3.05, 3.63) is 76.3 Å². The maximum atomic E-state index is 13.4. The summed E-state index contributed by atoms with van der Waals surface area (Å²) in [6.07, 6.45) is 7.12. The molecule has 8 nitrogen and oxygen atoms in total. The number of aromatic nitrogens is 6. The molecule has 1 aliphatic heterocycles. The molecule has 0 radical (unpaired) electrons. The fourth-order valence-electron chi connectivity index (χ4n) is 5.10. The number of likely N-dealkylation sites (tertiary alicyclic amines) is 1. The fourth-order valence-corrected chi connectivity index (χ4v) is 5.10. The Hall–Kier alpha value is -3.55. The summed E-state index contributed by atoms with van der Waals surface area (Å²) < 4.78 is 3.92. The van der Waals surface area contributed by atoms with E-state index in [0.29, 0.717) is 17.1 Å². The maximum Gasteiger partial charge on any atom is 0.259 e. The molecule has 5 rings (SSSR count). The van der Waals surface area contributed by atoms with E-state index in [9.17, 15) is 4.79 Å². The predicted octanol–water partition coefficient (Wildman–Crippen LogP) is 3.95. The molecule has 1 amide bonds. The second-order valence-electron chi connectivity index (χ2n) is 9.69. The zero-order chi connectivity index (χ0) is 24.5. The fraction of sp³-hybridized carbons (Fsp3) is 0.444. The van der Waals surface area contributed by atoms with Gasteiger partial charge in [0.05, 0.1) is 6.20 Å². The van der Waals surface area contributed by atoms with Crippen LogP contribution in [-0.2, 0) is 19.4 Å². The van der Waals surface area contributed by atoms with Crippen molar-refractivity contribution in [2.45, 2.75) is 59.9 Å². The van der Waals surface area contributed by atoms with Crippen molar-refractivity contribution in [2.75, 3.05) is 13.1 Å². The Morgan fingerprint density at radius 3 is 2.54 bits per heavy atom. The molecule has 0 atom stereocenters. The van der Waals surface area contributed by atoms with Crippen LogP contribution < -0.4 is 0 Å². The van der Waals surface area contributed by atoms with E-state index in [2.05, 4.69) is 64.9 Å². The molecule has 0 bridgehead atoms. The molecule has 35 heavy (non-hydrogen) atoms. The van der Waals surface area contributed by atoms with Crippen LogP contribution in [0.1, 0.15) is 64.0 Å². The van der Waals surface area contributed by atoms with E-state index in [-0.39, 0.29) is 5.91 Å².